The highest BCUT2D eigenvalue weighted by molar-refractivity contribution is 5.93. The minimum Gasteiger partial charge on any atom is -0.361 e. The van der Waals surface area contributed by atoms with Crippen LogP contribution in [0.3, 0.4) is 0 Å². The first-order chi connectivity index (χ1) is 7.56. The summed E-state index contributed by atoms with van der Waals surface area (Å²) >= 11 is 0. The molecular weight excluding hydrogens is 206 g/mol. The minimum absolute atomic E-state index is 0.207. The summed E-state index contributed by atoms with van der Waals surface area (Å²) in [5.41, 5.74) is -0.608. The molecule has 86 valence electrons. The van der Waals surface area contributed by atoms with Gasteiger partial charge in [-0.05, 0) is 19.8 Å². The summed E-state index contributed by atoms with van der Waals surface area (Å²) in [5, 5.41) is 15.4. The molecule has 0 atom stereocenters. The number of rotatable bonds is 4. The number of carbonyl (C=O) groups excluding carboxylic acids is 1. The van der Waals surface area contributed by atoms with Crippen molar-refractivity contribution in [1.82, 2.24) is 10.5 Å². The van der Waals surface area contributed by atoms with Crippen LogP contribution < -0.4 is 5.32 Å². The highest BCUT2D eigenvalue weighted by Gasteiger charge is 2.29. The number of nitrogens with one attached hydrogen (secondary N) is 1. The second-order valence-electron chi connectivity index (χ2n) is 3.68. The van der Waals surface area contributed by atoms with Crippen molar-refractivity contribution in [3.05, 3.63) is 17.5 Å². The molecule has 0 aromatic carbocycles. The minimum atomic E-state index is -0.816. The first-order valence-electron chi connectivity index (χ1n) is 5.24. The lowest BCUT2D eigenvalue weighted by atomic mass is 9.94. The molecule has 1 aromatic rings. The Morgan fingerprint density at radius 3 is 2.62 bits per heavy atom. The number of amides is 1. The van der Waals surface area contributed by atoms with Gasteiger partial charge in [-0.15, -0.1) is 0 Å². The van der Waals surface area contributed by atoms with Crippen molar-refractivity contribution in [3.63, 3.8) is 0 Å². The summed E-state index contributed by atoms with van der Waals surface area (Å²) in [4.78, 5) is 11.8. The fourth-order valence-electron chi connectivity index (χ4n) is 1.37. The average molecular weight is 221 g/mol. The molecular formula is C11H15N3O2. The second kappa shape index (κ2) is 4.79. The zero-order chi connectivity index (χ0) is 12.2. The number of hydrogen-bond donors (Lipinski definition) is 1. The molecule has 0 aliphatic rings. The zero-order valence-corrected chi connectivity index (χ0v) is 9.70. The summed E-state index contributed by atoms with van der Waals surface area (Å²) in [6.07, 6.45) is 1.12. The highest BCUT2D eigenvalue weighted by atomic mass is 16.5. The van der Waals surface area contributed by atoms with Gasteiger partial charge in [0.25, 0.3) is 5.91 Å². The van der Waals surface area contributed by atoms with E-state index in [1.165, 1.54) is 0 Å². The van der Waals surface area contributed by atoms with Crippen LogP contribution in [0.2, 0.25) is 0 Å². The molecule has 5 nitrogen and oxygen atoms in total. The zero-order valence-electron chi connectivity index (χ0n) is 9.70. The fraction of sp³-hybridized carbons (Fsp3) is 0.545. The Balaban J connectivity index is 2.81. The van der Waals surface area contributed by atoms with Crippen LogP contribution in [0.1, 0.15) is 42.9 Å². The second-order valence-corrected chi connectivity index (χ2v) is 3.68. The van der Waals surface area contributed by atoms with Gasteiger partial charge in [-0.25, -0.2) is 0 Å². The van der Waals surface area contributed by atoms with Crippen LogP contribution in [-0.2, 0) is 0 Å². The van der Waals surface area contributed by atoms with E-state index in [1.807, 2.05) is 13.8 Å². The summed E-state index contributed by atoms with van der Waals surface area (Å²) < 4.78 is 4.81. The van der Waals surface area contributed by atoms with Gasteiger partial charge in [0.15, 0.2) is 5.69 Å². The van der Waals surface area contributed by atoms with Crippen molar-refractivity contribution < 1.29 is 9.32 Å². The molecule has 1 amide bonds. The topological polar surface area (TPSA) is 78.9 Å². The van der Waals surface area contributed by atoms with E-state index < -0.39 is 5.54 Å². The normalized spacial score (nSPS) is 10.9. The van der Waals surface area contributed by atoms with E-state index in [0.29, 0.717) is 18.6 Å². The van der Waals surface area contributed by atoms with Crippen LogP contribution in [0.4, 0.5) is 0 Å². The van der Waals surface area contributed by atoms with E-state index in [2.05, 4.69) is 16.5 Å². The fourth-order valence-corrected chi connectivity index (χ4v) is 1.37. The summed E-state index contributed by atoms with van der Waals surface area (Å²) in [7, 11) is 0. The predicted octanol–water partition coefficient (Wildman–Crippen LogP) is 1.80. The Kier molecular flexibility index (Phi) is 3.67. The molecule has 0 saturated carbocycles. The van der Waals surface area contributed by atoms with Crippen molar-refractivity contribution in [3.8, 4) is 6.07 Å². The van der Waals surface area contributed by atoms with Crippen molar-refractivity contribution in [2.24, 2.45) is 0 Å². The van der Waals surface area contributed by atoms with E-state index >= 15 is 0 Å². The number of carbonyl (C=O) groups is 1. The van der Waals surface area contributed by atoms with E-state index in [-0.39, 0.29) is 11.6 Å². The smallest absolute Gasteiger partial charge is 0.274 e. The van der Waals surface area contributed by atoms with E-state index in [0.717, 1.165) is 0 Å². The molecule has 0 bridgehead atoms. The van der Waals surface area contributed by atoms with Crippen LogP contribution in [0.15, 0.2) is 10.6 Å². The van der Waals surface area contributed by atoms with Gasteiger partial charge in [-0.1, -0.05) is 19.0 Å². The van der Waals surface area contributed by atoms with Gasteiger partial charge in [0, 0.05) is 6.07 Å². The molecule has 0 fully saturated rings. The number of nitriles is 1. The molecule has 1 heterocycles. The van der Waals surface area contributed by atoms with Crippen LogP contribution in [-0.4, -0.2) is 16.6 Å². The van der Waals surface area contributed by atoms with Gasteiger partial charge >= 0.3 is 0 Å². The van der Waals surface area contributed by atoms with Gasteiger partial charge in [0.1, 0.15) is 11.3 Å². The summed E-state index contributed by atoms with van der Waals surface area (Å²) in [5.74, 6) is 0.197. The number of aryl methyl sites for hydroxylation is 1. The van der Waals surface area contributed by atoms with Crippen molar-refractivity contribution in [1.29, 1.82) is 5.26 Å². The number of hydrogen-bond acceptors (Lipinski definition) is 4. The lowest BCUT2D eigenvalue weighted by Crippen LogP contribution is -2.46. The molecule has 5 heteroatoms. The molecule has 1 aromatic heterocycles. The quantitative estimate of drug-likeness (QED) is 0.840. The molecule has 1 N–H and O–H groups in total. The van der Waals surface area contributed by atoms with Crippen LogP contribution in [0.25, 0.3) is 0 Å². The van der Waals surface area contributed by atoms with Gasteiger partial charge in [0.05, 0.1) is 6.07 Å². The molecule has 0 unspecified atom stereocenters. The maximum absolute atomic E-state index is 11.8. The highest BCUT2D eigenvalue weighted by Crippen LogP contribution is 2.14. The Hall–Kier alpha value is -1.83. The summed E-state index contributed by atoms with van der Waals surface area (Å²) in [6.45, 7) is 5.43. The van der Waals surface area contributed by atoms with Gasteiger partial charge in [0.2, 0.25) is 0 Å². The van der Waals surface area contributed by atoms with Crippen LogP contribution >= 0.6 is 0 Å². The third-order valence-electron chi connectivity index (χ3n) is 2.63. The molecule has 16 heavy (non-hydrogen) atoms. The largest absolute Gasteiger partial charge is 0.361 e. The maximum Gasteiger partial charge on any atom is 0.274 e. The van der Waals surface area contributed by atoms with E-state index in [4.69, 9.17) is 9.78 Å². The lowest BCUT2D eigenvalue weighted by Gasteiger charge is -2.24. The van der Waals surface area contributed by atoms with Gasteiger partial charge < -0.3 is 9.84 Å². The lowest BCUT2D eigenvalue weighted by molar-refractivity contribution is 0.0906. The number of nitrogens with zero attached hydrogens (tertiary/aromatic N) is 2. The molecule has 0 aliphatic heterocycles. The summed E-state index contributed by atoms with van der Waals surface area (Å²) in [6, 6.07) is 3.68. The SMILES string of the molecule is CCC(C#N)(CC)NC(=O)c1cc(C)on1. The number of aromatic nitrogens is 1. The monoisotopic (exact) mass is 221 g/mol. The van der Waals surface area contributed by atoms with Crippen molar-refractivity contribution in [2.75, 3.05) is 0 Å². The van der Waals surface area contributed by atoms with E-state index in [9.17, 15) is 4.79 Å². The van der Waals surface area contributed by atoms with Crippen molar-refractivity contribution in [2.45, 2.75) is 39.2 Å². The molecule has 0 spiro atoms. The first-order valence-corrected chi connectivity index (χ1v) is 5.24. The Bertz CT molecular complexity index is 413. The Labute approximate surface area is 94.4 Å². The van der Waals surface area contributed by atoms with Crippen LogP contribution in [0.5, 0.6) is 0 Å². The van der Waals surface area contributed by atoms with E-state index in [1.54, 1.807) is 13.0 Å². The van der Waals surface area contributed by atoms with Crippen LogP contribution in [0, 0.1) is 18.3 Å². The van der Waals surface area contributed by atoms with Gasteiger partial charge in [-0.3, -0.25) is 4.79 Å². The average Bonchev–Trinajstić information content (AvgIpc) is 2.73. The Morgan fingerprint density at radius 2 is 2.25 bits per heavy atom. The molecule has 0 saturated heterocycles. The standard InChI is InChI=1S/C11H15N3O2/c1-4-11(5-2,7-12)13-10(15)9-6-8(3)16-14-9/h6H,4-5H2,1-3H3,(H,13,15). The predicted molar refractivity (Wildman–Crippen MR) is 57.6 cm³/mol. The molecule has 0 radical (unpaired) electrons. The first kappa shape index (κ1) is 12.2. The van der Waals surface area contributed by atoms with Crippen molar-refractivity contribution >= 4 is 5.91 Å². The third-order valence-corrected chi connectivity index (χ3v) is 2.63. The molecule has 0 aliphatic carbocycles. The molecule has 1 rings (SSSR count). The van der Waals surface area contributed by atoms with Gasteiger partial charge in [-0.2, -0.15) is 5.26 Å². The third kappa shape index (κ3) is 2.40. The Morgan fingerprint density at radius 1 is 1.62 bits per heavy atom. The maximum atomic E-state index is 11.8.